The van der Waals surface area contributed by atoms with Crippen molar-refractivity contribution in [3.05, 3.63) is 0 Å². The molecule has 4 N–H and O–H groups in total. The summed E-state index contributed by atoms with van der Waals surface area (Å²) in [6.07, 6.45) is 0.265. The molecular formula is C8H17NO4. The summed E-state index contributed by atoms with van der Waals surface area (Å²) < 4.78 is 0. The summed E-state index contributed by atoms with van der Waals surface area (Å²) in [5.41, 5.74) is 0. The van der Waals surface area contributed by atoms with E-state index in [1.807, 2.05) is 0 Å². The lowest BCUT2D eigenvalue weighted by molar-refractivity contribution is -0.139. The van der Waals surface area contributed by atoms with Gasteiger partial charge in [0.05, 0.1) is 6.10 Å². The van der Waals surface area contributed by atoms with Crippen LogP contribution in [0, 0.1) is 0 Å². The van der Waals surface area contributed by atoms with Crippen LogP contribution in [0.4, 0.5) is 0 Å². The molecule has 0 fully saturated rings. The van der Waals surface area contributed by atoms with Crippen LogP contribution in [0.2, 0.25) is 0 Å². The molecule has 78 valence electrons. The Morgan fingerprint density at radius 2 is 2.08 bits per heavy atom. The molecule has 0 bridgehead atoms. The maximum atomic E-state index is 10.5. The number of aliphatic hydroxyl groups is 2. The number of hydrogen-bond donors (Lipinski definition) is 4. The lowest BCUT2D eigenvalue weighted by atomic mass is 10.2. The summed E-state index contributed by atoms with van der Waals surface area (Å²) in [6, 6.07) is -0.719. The van der Waals surface area contributed by atoms with Crippen LogP contribution in [0.25, 0.3) is 0 Å². The molecule has 0 aliphatic rings. The van der Waals surface area contributed by atoms with Crippen LogP contribution >= 0.6 is 0 Å². The molecule has 0 aromatic heterocycles. The van der Waals surface area contributed by atoms with Crippen molar-refractivity contribution in [3.8, 4) is 0 Å². The van der Waals surface area contributed by atoms with E-state index in [2.05, 4.69) is 5.32 Å². The second kappa shape index (κ2) is 6.82. The van der Waals surface area contributed by atoms with Crippen LogP contribution in [-0.2, 0) is 4.79 Å². The fourth-order valence-electron chi connectivity index (χ4n) is 0.908. The van der Waals surface area contributed by atoms with E-state index in [9.17, 15) is 4.79 Å². The quantitative estimate of drug-likeness (QED) is 0.422. The largest absolute Gasteiger partial charge is 0.480 e. The zero-order valence-corrected chi connectivity index (χ0v) is 7.73. The molecule has 0 saturated carbocycles. The molecule has 0 aliphatic carbocycles. The third-order valence-corrected chi connectivity index (χ3v) is 1.67. The Balaban J connectivity index is 3.63. The van der Waals surface area contributed by atoms with Gasteiger partial charge in [0.15, 0.2) is 0 Å². The second-order valence-electron chi connectivity index (χ2n) is 2.99. The van der Waals surface area contributed by atoms with E-state index in [0.29, 0.717) is 13.0 Å². The van der Waals surface area contributed by atoms with Crippen LogP contribution < -0.4 is 5.32 Å². The minimum Gasteiger partial charge on any atom is -0.480 e. The van der Waals surface area contributed by atoms with Gasteiger partial charge in [-0.2, -0.15) is 0 Å². The minimum absolute atomic E-state index is 0.154. The van der Waals surface area contributed by atoms with Gasteiger partial charge >= 0.3 is 5.97 Å². The lowest BCUT2D eigenvalue weighted by Crippen LogP contribution is -2.38. The first-order valence-electron chi connectivity index (χ1n) is 4.33. The fourth-order valence-corrected chi connectivity index (χ4v) is 0.908. The molecule has 0 spiro atoms. The van der Waals surface area contributed by atoms with Gasteiger partial charge in [-0.05, 0) is 26.3 Å². The van der Waals surface area contributed by atoms with Crippen molar-refractivity contribution in [2.45, 2.75) is 31.9 Å². The maximum absolute atomic E-state index is 10.5. The third kappa shape index (κ3) is 6.51. The molecular weight excluding hydrogens is 174 g/mol. The van der Waals surface area contributed by atoms with Gasteiger partial charge in [0.1, 0.15) is 6.04 Å². The first kappa shape index (κ1) is 12.3. The zero-order valence-electron chi connectivity index (χ0n) is 7.73. The molecule has 5 heteroatoms. The number of aliphatic carboxylic acids is 1. The Morgan fingerprint density at radius 1 is 1.46 bits per heavy atom. The molecule has 13 heavy (non-hydrogen) atoms. The Hall–Kier alpha value is -0.650. The van der Waals surface area contributed by atoms with Gasteiger partial charge in [0.2, 0.25) is 0 Å². The van der Waals surface area contributed by atoms with Crippen LogP contribution in [0.5, 0.6) is 0 Å². The zero-order chi connectivity index (χ0) is 10.3. The van der Waals surface area contributed by atoms with Gasteiger partial charge in [-0.25, -0.2) is 0 Å². The summed E-state index contributed by atoms with van der Waals surface area (Å²) in [5, 5.41) is 28.8. The van der Waals surface area contributed by atoms with E-state index in [1.165, 1.54) is 0 Å². The van der Waals surface area contributed by atoms with Gasteiger partial charge in [0.25, 0.3) is 0 Å². The van der Waals surface area contributed by atoms with Gasteiger partial charge in [-0.1, -0.05) is 0 Å². The Kier molecular flexibility index (Phi) is 6.48. The topological polar surface area (TPSA) is 89.8 Å². The van der Waals surface area contributed by atoms with Crippen molar-refractivity contribution in [2.75, 3.05) is 13.2 Å². The molecule has 0 aliphatic heterocycles. The normalized spacial score (nSPS) is 15.3. The van der Waals surface area contributed by atoms with E-state index >= 15 is 0 Å². The molecule has 1 unspecified atom stereocenters. The van der Waals surface area contributed by atoms with Gasteiger partial charge < -0.3 is 20.6 Å². The highest BCUT2D eigenvalue weighted by Gasteiger charge is 2.15. The molecule has 0 saturated heterocycles. The van der Waals surface area contributed by atoms with Gasteiger partial charge in [-0.3, -0.25) is 4.79 Å². The maximum Gasteiger partial charge on any atom is 0.320 e. The lowest BCUT2D eigenvalue weighted by Gasteiger charge is -2.13. The number of aliphatic hydroxyl groups excluding tert-OH is 2. The molecule has 5 nitrogen and oxygen atoms in total. The van der Waals surface area contributed by atoms with Crippen LogP contribution in [-0.4, -0.2) is 46.6 Å². The van der Waals surface area contributed by atoms with Crippen molar-refractivity contribution in [2.24, 2.45) is 0 Å². The first-order chi connectivity index (χ1) is 6.07. The van der Waals surface area contributed by atoms with Gasteiger partial charge in [0, 0.05) is 6.61 Å². The SMILES string of the molecule is CC(O)CCN[C@@H](CCO)C(=O)O. The number of nitrogens with one attached hydrogen (secondary N) is 1. The van der Waals surface area contributed by atoms with Crippen LogP contribution in [0.3, 0.4) is 0 Å². The minimum atomic E-state index is -0.973. The standard InChI is InChI=1S/C8H17NO4/c1-6(11)2-4-9-7(3-5-10)8(12)13/h6-7,9-11H,2-5H2,1H3,(H,12,13)/t6?,7-/m0/s1. The van der Waals surface area contributed by atoms with Crippen molar-refractivity contribution >= 4 is 5.97 Å². The summed E-state index contributed by atoms with van der Waals surface area (Å²) in [5.74, 6) is -0.973. The van der Waals surface area contributed by atoms with Crippen molar-refractivity contribution in [1.29, 1.82) is 0 Å². The van der Waals surface area contributed by atoms with Crippen LogP contribution in [0.1, 0.15) is 19.8 Å². The van der Waals surface area contributed by atoms with Gasteiger partial charge in [-0.15, -0.1) is 0 Å². The van der Waals surface area contributed by atoms with Crippen molar-refractivity contribution in [3.63, 3.8) is 0 Å². The average molecular weight is 191 g/mol. The number of hydrogen-bond acceptors (Lipinski definition) is 4. The summed E-state index contributed by atoms with van der Waals surface area (Å²) in [4.78, 5) is 10.5. The number of carboxylic acids is 1. The fraction of sp³-hybridized carbons (Fsp3) is 0.875. The van der Waals surface area contributed by atoms with E-state index in [0.717, 1.165) is 0 Å². The molecule has 0 radical (unpaired) electrons. The average Bonchev–Trinajstić information content (AvgIpc) is 2.02. The summed E-state index contributed by atoms with van der Waals surface area (Å²) >= 11 is 0. The predicted molar refractivity (Wildman–Crippen MR) is 47.4 cm³/mol. The highest BCUT2D eigenvalue weighted by molar-refractivity contribution is 5.73. The molecule has 0 heterocycles. The van der Waals surface area contributed by atoms with Crippen LogP contribution in [0.15, 0.2) is 0 Å². The Morgan fingerprint density at radius 3 is 2.46 bits per heavy atom. The summed E-state index contributed by atoms with van der Waals surface area (Å²) in [6.45, 7) is 1.93. The number of carbonyl (C=O) groups is 1. The molecule has 0 aromatic carbocycles. The van der Waals surface area contributed by atoms with E-state index in [1.54, 1.807) is 6.92 Å². The Bertz CT molecular complexity index is 149. The molecule has 0 rings (SSSR count). The van der Waals surface area contributed by atoms with Crippen molar-refractivity contribution < 1.29 is 20.1 Å². The van der Waals surface area contributed by atoms with E-state index in [4.69, 9.17) is 15.3 Å². The smallest absolute Gasteiger partial charge is 0.320 e. The number of carboxylic acid groups (broad SMARTS) is 1. The Labute approximate surface area is 77.4 Å². The van der Waals surface area contributed by atoms with E-state index < -0.39 is 18.1 Å². The third-order valence-electron chi connectivity index (χ3n) is 1.67. The number of rotatable bonds is 7. The first-order valence-corrected chi connectivity index (χ1v) is 4.33. The second-order valence-corrected chi connectivity index (χ2v) is 2.99. The molecule has 2 atom stereocenters. The predicted octanol–water partition coefficient (Wildman–Crippen LogP) is -0.817. The van der Waals surface area contributed by atoms with Crippen molar-refractivity contribution in [1.82, 2.24) is 5.32 Å². The molecule has 0 amide bonds. The highest BCUT2D eigenvalue weighted by Crippen LogP contribution is 1.93. The monoisotopic (exact) mass is 191 g/mol. The van der Waals surface area contributed by atoms with E-state index in [-0.39, 0.29) is 13.0 Å². The summed E-state index contributed by atoms with van der Waals surface area (Å²) in [7, 11) is 0. The molecule has 0 aromatic rings. The highest BCUT2D eigenvalue weighted by atomic mass is 16.4.